The van der Waals surface area contributed by atoms with Gasteiger partial charge in [0.2, 0.25) is 0 Å². The molecule has 2 aromatic rings. The van der Waals surface area contributed by atoms with E-state index in [0.29, 0.717) is 5.92 Å². The molecule has 1 heterocycles. The van der Waals surface area contributed by atoms with Crippen molar-refractivity contribution < 1.29 is 10.2 Å². The molecule has 0 aliphatic carbocycles. The van der Waals surface area contributed by atoms with Crippen LogP contribution in [0.15, 0.2) is 53.1 Å². The van der Waals surface area contributed by atoms with Gasteiger partial charge in [0.05, 0.1) is 12.8 Å². The standard InChI is InChI=1S/C14H17NO/c15-9-8-13(14-7-4-10-16-14)11-12-5-2-1-3-6-12/h1-7,10,13H,8-9,11,15H2/p+1/t13-/m1/s1. The molecule has 0 saturated carbocycles. The van der Waals surface area contributed by atoms with Gasteiger partial charge >= 0.3 is 0 Å². The van der Waals surface area contributed by atoms with Crippen LogP contribution in [-0.2, 0) is 6.42 Å². The Morgan fingerprint density at radius 3 is 2.50 bits per heavy atom. The molecule has 0 radical (unpaired) electrons. The Morgan fingerprint density at radius 1 is 1.06 bits per heavy atom. The van der Waals surface area contributed by atoms with E-state index in [1.54, 1.807) is 6.26 Å². The van der Waals surface area contributed by atoms with Crippen molar-refractivity contribution in [1.29, 1.82) is 0 Å². The Labute approximate surface area is 96.1 Å². The van der Waals surface area contributed by atoms with E-state index in [0.717, 1.165) is 25.1 Å². The van der Waals surface area contributed by atoms with Crippen molar-refractivity contribution in [2.45, 2.75) is 18.8 Å². The van der Waals surface area contributed by atoms with Crippen LogP contribution in [0.4, 0.5) is 0 Å². The minimum absolute atomic E-state index is 0.454. The molecular weight excluding hydrogens is 198 g/mol. The first-order valence-electron chi connectivity index (χ1n) is 5.76. The average Bonchev–Trinajstić information content (AvgIpc) is 2.83. The fourth-order valence-corrected chi connectivity index (χ4v) is 2.01. The van der Waals surface area contributed by atoms with E-state index in [-0.39, 0.29) is 0 Å². The number of benzene rings is 1. The fourth-order valence-electron chi connectivity index (χ4n) is 2.01. The van der Waals surface area contributed by atoms with Crippen LogP contribution in [-0.4, -0.2) is 6.54 Å². The van der Waals surface area contributed by atoms with Gasteiger partial charge in [0.25, 0.3) is 0 Å². The largest absolute Gasteiger partial charge is 0.469 e. The van der Waals surface area contributed by atoms with Crippen molar-refractivity contribution in [2.75, 3.05) is 6.54 Å². The number of quaternary nitrogens is 1. The van der Waals surface area contributed by atoms with Crippen molar-refractivity contribution in [3.63, 3.8) is 0 Å². The monoisotopic (exact) mass is 216 g/mol. The number of furan rings is 1. The second-order valence-electron chi connectivity index (χ2n) is 4.04. The van der Waals surface area contributed by atoms with E-state index in [2.05, 4.69) is 36.1 Å². The van der Waals surface area contributed by atoms with Crippen molar-refractivity contribution in [3.05, 3.63) is 60.1 Å². The molecule has 0 aliphatic heterocycles. The van der Waals surface area contributed by atoms with Gasteiger partial charge in [-0.15, -0.1) is 0 Å². The van der Waals surface area contributed by atoms with E-state index >= 15 is 0 Å². The highest BCUT2D eigenvalue weighted by atomic mass is 16.3. The summed E-state index contributed by atoms with van der Waals surface area (Å²) in [5, 5.41) is 0. The molecule has 1 aromatic heterocycles. The highest BCUT2D eigenvalue weighted by Gasteiger charge is 2.14. The molecule has 1 atom stereocenters. The maximum atomic E-state index is 5.49. The summed E-state index contributed by atoms with van der Waals surface area (Å²) in [6.45, 7) is 0.943. The Hall–Kier alpha value is -1.54. The van der Waals surface area contributed by atoms with E-state index in [9.17, 15) is 0 Å². The molecule has 0 spiro atoms. The first-order chi connectivity index (χ1) is 7.90. The third-order valence-corrected chi connectivity index (χ3v) is 2.82. The van der Waals surface area contributed by atoms with Crippen molar-refractivity contribution >= 4 is 0 Å². The predicted molar refractivity (Wildman–Crippen MR) is 64.0 cm³/mol. The van der Waals surface area contributed by atoms with Crippen LogP contribution in [0.25, 0.3) is 0 Å². The zero-order valence-electron chi connectivity index (χ0n) is 9.43. The molecule has 2 heteroatoms. The molecule has 2 nitrogen and oxygen atoms in total. The van der Waals surface area contributed by atoms with Gasteiger partial charge in [-0.1, -0.05) is 30.3 Å². The SMILES string of the molecule is [NH3+]CC[C@H](Cc1ccccc1)c1ccco1. The predicted octanol–water partition coefficient (Wildman–Crippen LogP) is 2.24. The van der Waals surface area contributed by atoms with Gasteiger partial charge in [0.1, 0.15) is 5.76 Å². The third kappa shape index (κ3) is 2.74. The second kappa shape index (κ2) is 5.52. The van der Waals surface area contributed by atoms with Crippen LogP contribution in [0, 0.1) is 0 Å². The minimum Gasteiger partial charge on any atom is -0.469 e. The maximum Gasteiger partial charge on any atom is 0.107 e. The smallest absolute Gasteiger partial charge is 0.107 e. The van der Waals surface area contributed by atoms with E-state index in [1.165, 1.54) is 5.56 Å². The summed E-state index contributed by atoms with van der Waals surface area (Å²) in [5.74, 6) is 1.53. The van der Waals surface area contributed by atoms with Crippen molar-refractivity contribution in [3.8, 4) is 0 Å². The summed E-state index contributed by atoms with van der Waals surface area (Å²) in [5.41, 5.74) is 5.29. The maximum absolute atomic E-state index is 5.49. The van der Waals surface area contributed by atoms with Crippen LogP contribution in [0.1, 0.15) is 23.7 Å². The van der Waals surface area contributed by atoms with Crippen LogP contribution >= 0.6 is 0 Å². The summed E-state index contributed by atoms with van der Waals surface area (Å²) >= 11 is 0. The quantitative estimate of drug-likeness (QED) is 0.818. The first kappa shape index (κ1) is 11.0. The summed E-state index contributed by atoms with van der Waals surface area (Å²) in [6, 6.07) is 14.6. The van der Waals surface area contributed by atoms with Crippen molar-refractivity contribution in [2.24, 2.45) is 0 Å². The molecule has 0 unspecified atom stereocenters. The molecule has 1 aromatic carbocycles. The topological polar surface area (TPSA) is 40.8 Å². The first-order valence-corrected chi connectivity index (χ1v) is 5.76. The Balaban J connectivity index is 2.09. The molecule has 0 fully saturated rings. The van der Waals surface area contributed by atoms with Crippen molar-refractivity contribution in [1.82, 2.24) is 0 Å². The summed E-state index contributed by atoms with van der Waals surface area (Å²) in [4.78, 5) is 0. The van der Waals surface area contributed by atoms with Crippen LogP contribution < -0.4 is 5.73 Å². The molecule has 0 amide bonds. The van der Waals surface area contributed by atoms with Crippen LogP contribution in [0.3, 0.4) is 0 Å². The van der Waals surface area contributed by atoms with Gasteiger partial charge < -0.3 is 10.2 Å². The highest BCUT2D eigenvalue weighted by Crippen LogP contribution is 2.23. The van der Waals surface area contributed by atoms with E-state index in [1.807, 2.05) is 12.1 Å². The lowest BCUT2D eigenvalue weighted by Crippen LogP contribution is -2.50. The van der Waals surface area contributed by atoms with Crippen LogP contribution in [0.5, 0.6) is 0 Å². The van der Waals surface area contributed by atoms with E-state index in [4.69, 9.17) is 4.42 Å². The van der Waals surface area contributed by atoms with Gasteiger partial charge in [-0.25, -0.2) is 0 Å². The van der Waals surface area contributed by atoms with Gasteiger partial charge in [0.15, 0.2) is 0 Å². The normalized spacial score (nSPS) is 12.6. The molecule has 16 heavy (non-hydrogen) atoms. The average molecular weight is 216 g/mol. The molecule has 2 rings (SSSR count). The third-order valence-electron chi connectivity index (χ3n) is 2.82. The molecule has 0 saturated heterocycles. The highest BCUT2D eigenvalue weighted by molar-refractivity contribution is 5.18. The lowest BCUT2D eigenvalue weighted by Gasteiger charge is -2.12. The second-order valence-corrected chi connectivity index (χ2v) is 4.04. The van der Waals surface area contributed by atoms with Gasteiger partial charge in [0, 0.05) is 12.3 Å². The number of rotatable bonds is 5. The lowest BCUT2D eigenvalue weighted by molar-refractivity contribution is -0.369. The lowest BCUT2D eigenvalue weighted by atomic mass is 9.94. The molecule has 3 N–H and O–H groups in total. The molecule has 84 valence electrons. The summed E-state index contributed by atoms with van der Waals surface area (Å²) in [6.07, 6.45) is 3.85. The Bertz CT molecular complexity index is 394. The van der Waals surface area contributed by atoms with E-state index < -0.39 is 0 Å². The molecule has 0 aliphatic rings. The Morgan fingerprint density at radius 2 is 1.88 bits per heavy atom. The summed E-state index contributed by atoms with van der Waals surface area (Å²) in [7, 11) is 0. The minimum atomic E-state index is 0.454. The van der Waals surface area contributed by atoms with Gasteiger partial charge in [-0.3, -0.25) is 0 Å². The molecule has 0 bridgehead atoms. The zero-order valence-corrected chi connectivity index (χ0v) is 9.43. The zero-order chi connectivity index (χ0) is 11.2. The van der Waals surface area contributed by atoms with Crippen LogP contribution in [0.2, 0.25) is 0 Å². The Kier molecular flexibility index (Phi) is 3.78. The molecular formula is C14H18NO+. The van der Waals surface area contributed by atoms with Gasteiger partial charge in [-0.05, 0) is 24.1 Å². The number of hydrogen-bond acceptors (Lipinski definition) is 1. The number of hydrogen-bond donors (Lipinski definition) is 1. The van der Waals surface area contributed by atoms with Gasteiger partial charge in [-0.2, -0.15) is 0 Å². The fraction of sp³-hybridized carbons (Fsp3) is 0.286. The summed E-state index contributed by atoms with van der Waals surface area (Å²) < 4.78 is 5.49.